The number of carboxylic acids is 1. The number of oxime groups is 1. The molecule has 0 unspecified atom stereocenters. The summed E-state index contributed by atoms with van der Waals surface area (Å²) in [5.74, 6) is -0.808. The molecule has 90 valence electrons. The Kier molecular flexibility index (Phi) is 4.75. The largest absolute Gasteiger partial charge is 0.475 e. The average molecular weight is 235 g/mol. The molecular formula is C12H13NO4. The number of hydrogen-bond acceptors (Lipinski definition) is 4. The summed E-state index contributed by atoms with van der Waals surface area (Å²) in [5, 5.41) is 20.0. The van der Waals surface area contributed by atoms with Crippen molar-refractivity contribution in [3.8, 4) is 5.75 Å². The molecule has 0 atom stereocenters. The second-order valence-corrected chi connectivity index (χ2v) is 3.21. The van der Waals surface area contributed by atoms with Gasteiger partial charge < -0.3 is 15.1 Å². The molecule has 1 aromatic carbocycles. The van der Waals surface area contributed by atoms with Crippen LogP contribution in [0.5, 0.6) is 5.75 Å². The van der Waals surface area contributed by atoms with E-state index in [4.69, 9.17) is 15.1 Å². The zero-order valence-corrected chi connectivity index (χ0v) is 9.33. The van der Waals surface area contributed by atoms with E-state index in [0.717, 1.165) is 5.56 Å². The molecule has 0 bridgehead atoms. The van der Waals surface area contributed by atoms with Gasteiger partial charge in [-0.3, -0.25) is 0 Å². The fraction of sp³-hybridized carbons (Fsp3) is 0.167. The third kappa shape index (κ3) is 3.98. The number of benzene rings is 1. The highest BCUT2D eigenvalue weighted by Crippen LogP contribution is 2.16. The summed E-state index contributed by atoms with van der Waals surface area (Å²) >= 11 is 0. The van der Waals surface area contributed by atoms with Gasteiger partial charge in [0.1, 0.15) is 5.75 Å². The van der Waals surface area contributed by atoms with Crippen LogP contribution in [0.2, 0.25) is 0 Å². The molecule has 1 rings (SSSR count). The summed E-state index contributed by atoms with van der Waals surface area (Å²) in [6.45, 7) is 1.59. The molecule has 0 aliphatic rings. The molecule has 0 amide bonds. The van der Waals surface area contributed by atoms with Crippen LogP contribution in [-0.4, -0.2) is 22.5 Å². The summed E-state index contributed by atoms with van der Waals surface area (Å²) in [5.41, 5.74) is 0.862. The Hall–Kier alpha value is -2.30. The predicted molar refractivity (Wildman–Crippen MR) is 62.4 cm³/mol. The SMILES string of the molecule is CC=C(Oc1cccc(CC=NO)c1)C(=O)O. The summed E-state index contributed by atoms with van der Waals surface area (Å²) in [6, 6.07) is 6.91. The molecule has 0 fully saturated rings. The maximum Gasteiger partial charge on any atom is 0.371 e. The van der Waals surface area contributed by atoms with E-state index in [2.05, 4.69) is 5.16 Å². The van der Waals surface area contributed by atoms with Crippen LogP contribution in [0.3, 0.4) is 0 Å². The molecule has 0 saturated carbocycles. The van der Waals surface area contributed by atoms with Crippen molar-refractivity contribution in [1.29, 1.82) is 0 Å². The Balaban J connectivity index is 2.81. The predicted octanol–water partition coefficient (Wildman–Crippen LogP) is 2.06. The first-order valence-corrected chi connectivity index (χ1v) is 4.99. The van der Waals surface area contributed by atoms with Crippen molar-refractivity contribution < 1.29 is 19.8 Å². The second kappa shape index (κ2) is 6.32. The number of carboxylic acid groups (broad SMARTS) is 1. The monoisotopic (exact) mass is 235 g/mol. The first-order chi connectivity index (χ1) is 8.17. The molecule has 0 heterocycles. The van der Waals surface area contributed by atoms with Gasteiger partial charge >= 0.3 is 5.97 Å². The van der Waals surface area contributed by atoms with Crippen molar-refractivity contribution in [3.05, 3.63) is 41.7 Å². The fourth-order valence-corrected chi connectivity index (χ4v) is 1.24. The van der Waals surface area contributed by atoms with Crippen molar-refractivity contribution in [2.45, 2.75) is 13.3 Å². The molecule has 0 spiro atoms. The summed E-state index contributed by atoms with van der Waals surface area (Å²) < 4.78 is 5.20. The van der Waals surface area contributed by atoms with Crippen molar-refractivity contribution in [2.24, 2.45) is 5.16 Å². The third-order valence-electron chi connectivity index (χ3n) is 2.01. The molecule has 1 aromatic rings. The van der Waals surface area contributed by atoms with E-state index < -0.39 is 5.97 Å². The van der Waals surface area contributed by atoms with E-state index in [1.54, 1.807) is 25.1 Å². The van der Waals surface area contributed by atoms with Gasteiger partial charge in [0.25, 0.3) is 0 Å². The minimum Gasteiger partial charge on any atom is -0.475 e. The minimum atomic E-state index is -1.12. The summed E-state index contributed by atoms with van der Waals surface area (Å²) in [6.07, 6.45) is 3.17. The van der Waals surface area contributed by atoms with Crippen LogP contribution in [0.25, 0.3) is 0 Å². The van der Waals surface area contributed by atoms with E-state index in [9.17, 15) is 4.79 Å². The topological polar surface area (TPSA) is 79.1 Å². The number of ether oxygens (including phenoxy) is 1. The Morgan fingerprint density at radius 1 is 1.53 bits per heavy atom. The van der Waals surface area contributed by atoms with Crippen molar-refractivity contribution in [2.75, 3.05) is 0 Å². The summed E-state index contributed by atoms with van der Waals surface area (Å²) in [7, 11) is 0. The van der Waals surface area contributed by atoms with Gasteiger partial charge in [-0.05, 0) is 30.7 Å². The maximum absolute atomic E-state index is 10.7. The lowest BCUT2D eigenvalue weighted by atomic mass is 10.1. The molecule has 0 aromatic heterocycles. The number of hydrogen-bond donors (Lipinski definition) is 2. The van der Waals surface area contributed by atoms with Crippen molar-refractivity contribution in [3.63, 3.8) is 0 Å². The number of aliphatic carboxylic acids is 1. The molecule has 0 aliphatic carbocycles. The van der Waals surface area contributed by atoms with E-state index >= 15 is 0 Å². The van der Waals surface area contributed by atoms with Crippen LogP contribution >= 0.6 is 0 Å². The van der Waals surface area contributed by atoms with E-state index in [-0.39, 0.29) is 5.76 Å². The highest BCUT2D eigenvalue weighted by Gasteiger charge is 2.08. The zero-order valence-electron chi connectivity index (χ0n) is 9.33. The number of nitrogens with zero attached hydrogens (tertiary/aromatic N) is 1. The van der Waals surface area contributed by atoms with Crippen molar-refractivity contribution >= 4 is 12.2 Å². The van der Waals surface area contributed by atoms with Gasteiger partial charge in [0.2, 0.25) is 5.76 Å². The Bertz CT molecular complexity index is 452. The Morgan fingerprint density at radius 3 is 2.88 bits per heavy atom. The fourth-order valence-electron chi connectivity index (χ4n) is 1.24. The van der Waals surface area contributed by atoms with Gasteiger partial charge in [0.05, 0.1) is 0 Å². The molecular weight excluding hydrogens is 222 g/mol. The lowest BCUT2D eigenvalue weighted by Crippen LogP contribution is -2.07. The van der Waals surface area contributed by atoms with Crippen LogP contribution in [0.1, 0.15) is 12.5 Å². The highest BCUT2D eigenvalue weighted by atomic mass is 16.5. The van der Waals surface area contributed by atoms with Crippen LogP contribution in [-0.2, 0) is 11.2 Å². The molecule has 0 saturated heterocycles. The molecule has 5 nitrogen and oxygen atoms in total. The van der Waals surface area contributed by atoms with Gasteiger partial charge in [-0.25, -0.2) is 4.79 Å². The van der Waals surface area contributed by atoms with Gasteiger partial charge in [-0.15, -0.1) is 5.16 Å². The number of allylic oxidation sites excluding steroid dienone is 1. The maximum atomic E-state index is 10.7. The standard InChI is InChI=1S/C12H13NO4/c1-2-11(12(14)15)17-10-5-3-4-9(8-10)6-7-13-16/h2-5,7-8,16H,6H2,1H3,(H,14,15). The lowest BCUT2D eigenvalue weighted by molar-refractivity contribution is -0.135. The molecule has 5 heteroatoms. The molecule has 17 heavy (non-hydrogen) atoms. The third-order valence-corrected chi connectivity index (χ3v) is 2.01. The molecule has 0 radical (unpaired) electrons. The molecule has 0 aliphatic heterocycles. The van der Waals surface area contributed by atoms with E-state index in [1.165, 1.54) is 12.3 Å². The quantitative estimate of drug-likeness (QED) is 0.269. The first-order valence-electron chi connectivity index (χ1n) is 4.99. The van der Waals surface area contributed by atoms with Gasteiger partial charge in [0.15, 0.2) is 0 Å². The second-order valence-electron chi connectivity index (χ2n) is 3.21. The van der Waals surface area contributed by atoms with Crippen LogP contribution in [0.15, 0.2) is 41.3 Å². The highest BCUT2D eigenvalue weighted by molar-refractivity contribution is 5.84. The zero-order chi connectivity index (χ0) is 12.7. The van der Waals surface area contributed by atoms with Crippen LogP contribution in [0, 0.1) is 0 Å². The van der Waals surface area contributed by atoms with Crippen LogP contribution in [0.4, 0.5) is 0 Å². The Labute approximate surface area is 98.6 Å². The summed E-state index contributed by atoms with van der Waals surface area (Å²) in [4.78, 5) is 10.7. The molecule has 2 N–H and O–H groups in total. The van der Waals surface area contributed by atoms with Crippen molar-refractivity contribution in [1.82, 2.24) is 0 Å². The van der Waals surface area contributed by atoms with E-state index in [1.807, 2.05) is 6.07 Å². The normalized spacial score (nSPS) is 11.7. The number of carbonyl (C=O) groups is 1. The minimum absolute atomic E-state index is 0.127. The van der Waals surface area contributed by atoms with Gasteiger partial charge in [-0.1, -0.05) is 12.1 Å². The van der Waals surface area contributed by atoms with E-state index in [0.29, 0.717) is 12.2 Å². The first kappa shape index (κ1) is 12.8. The van der Waals surface area contributed by atoms with Crippen LogP contribution < -0.4 is 4.74 Å². The smallest absolute Gasteiger partial charge is 0.371 e. The Morgan fingerprint density at radius 2 is 2.29 bits per heavy atom. The average Bonchev–Trinajstić information content (AvgIpc) is 2.33. The van der Waals surface area contributed by atoms with Gasteiger partial charge in [-0.2, -0.15) is 0 Å². The number of rotatable bonds is 5. The lowest BCUT2D eigenvalue weighted by Gasteiger charge is -2.06. The van der Waals surface area contributed by atoms with Gasteiger partial charge in [0, 0.05) is 12.6 Å².